The zero-order chi connectivity index (χ0) is 18.5. The summed E-state index contributed by atoms with van der Waals surface area (Å²) in [6.45, 7) is 9.07. The van der Waals surface area contributed by atoms with Gasteiger partial charge in [-0.05, 0) is 0 Å². The van der Waals surface area contributed by atoms with Crippen LogP contribution in [0.25, 0.3) is 0 Å². The molecule has 0 fully saturated rings. The second-order valence-electron chi connectivity index (χ2n) is 7.80. The molecule has 0 heterocycles. The van der Waals surface area contributed by atoms with Crippen LogP contribution in [0, 0.1) is 6.92 Å². The molecule has 142 valence electrons. The van der Waals surface area contributed by atoms with E-state index >= 15 is 0 Å². The van der Waals surface area contributed by atoms with E-state index in [4.69, 9.17) is 0 Å². The third kappa shape index (κ3) is 8.77. The van der Waals surface area contributed by atoms with Gasteiger partial charge in [-0.2, -0.15) is 0 Å². The minimum atomic E-state index is -2.09. The van der Waals surface area contributed by atoms with Crippen LogP contribution < -0.4 is 0 Å². The maximum absolute atomic E-state index is 10.5. The van der Waals surface area contributed by atoms with Gasteiger partial charge in [0.15, 0.2) is 0 Å². The Morgan fingerprint density at radius 3 is 1.80 bits per heavy atom. The van der Waals surface area contributed by atoms with E-state index in [9.17, 15) is 5.11 Å². The molecule has 0 aliphatic carbocycles. The average Bonchev–Trinajstić information content (AvgIpc) is 2.63. The van der Waals surface area contributed by atoms with Crippen LogP contribution in [0.3, 0.4) is 0 Å². The summed E-state index contributed by atoms with van der Waals surface area (Å²) in [4.78, 5) is 0. The number of allylic oxidation sites excluding steroid dienone is 1. The van der Waals surface area contributed by atoms with E-state index in [-0.39, 0.29) is 0 Å². The van der Waals surface area contributed by atoms with Gasteiger partial charge in [0.2, 0.25) is 0 Å². The molecule has 0 bridgehead atoms. The Bertz CT molecular complexity index is 456. The fraction of sp³-hybridized carbons (Fsp3) is 0.652. The molecule has 0 spiro atoms. The number of unbranched alkanes of at least 4 members (excludes halogenated alkanes) is 3. The first-order valence-electron chi connectivity index (χ1n) is 10.5. The molecule has 25 heavy (non-hydrogen) atoms. The zero-order valence-electron chi connectivity index (χ0n) is 17.1. The fourth-order valence-corrected chi connectivity index (χ4v) is 18.8. The first-order chi connectivity index (χ1) is 12.1. The number of benzene rings is 1. The van der Waals surface area contributed by atoms with Crippen molar-refractivity contribution in [1.29, 1.82) is 0 Å². The summed E-state index contributed by atoms with van der Waals surface area (Å²) in [6.07, 6.45) is 12.2. The van der Waals surface area contributed by atoms with Gasteiger partial charge in [-0.3, -0.25) is 0 Å². The summed E-state index contributed by atoms with van der Waals surface area (Å²) < 4.78 is 5.93. The molecule has 1 rings (SSSR count). The van der Waals surface area contributed by atoms with E-state index in [0.717, 1.165) is 5.56 Å². The first kappa shape index (κ1) is 22.8. The van der Waals surface area contributed by atoms with Crippen molar-refractivity contribution >= 4 is 18.4 Å². The Morgan fingerprint density at radius 1 is 0.880 bits per heavy atom. The quantitative estimate of drug-likeness (QED) is 0.244. The number of aryl methyl sites for hydroxylation is 1. The molecule has 1 nitrogen and oxygen atoms in total. The molecule has 0 amide bonds. The Balaban J connectivity index is 2.77. The molecule has 1 aromatic carbocycles. The van der Waals surface area contributed by atoms with E-state index in [2.05, 4.69) is 52.0 Å². The predicted octanol–water partition coefficient (Wildman–Crippen LogP) is 7.43. The van der Waals surface area contributed by atoms with Crippen molar-refractivity contribution in [3.63, 3.8) is 0 Å². The molecule has 0 aromatic heterocycles. The van der Waals surface area contributed by atoms with Gasteiger partial charge < -0.3 is 0 Å². The SMILES string of the molecule is CCC[CH2][Sn]([CH2]/C=C/C(O)c1ccc(C)cc1)([CH2]CCC)[CH2]CCC. The van der Waals surface area contributed by atoms with Crippen molar-refractivity contribution in [3.05, 3.63) is 47.5 Å². The summed E-state index contributed by atoms with van der Waals surface area (Å²) in [5.74, 6) is 0. The number of aliphatic hydroxyl groups excluding tert-OH is 1. The Labute approximate surface area is 160 Å². The van der Waals surface area contributed by atoms with Gasteiger partial charge in [-0.1, -0.05) is 0 Å². The van der Waals surface area contributed by atoms with Crippen LogP contribution in [0.1, 0.15) is 76.5 Å². The Hall–Kier alpha value is -0.281. The second kappa shape index (κ2) is 13.0. The molecule has 1 unspecified atom stereocenters. The van der Waals surface area contributed by atoms with E-state index in [1.165, 1.54) is 61.8 Å². The summed E-state index contributed by atoms with van der Waals surface area (Å²) in [5, 5.41) is 10.5. The van der Waals surface area contributed by atoms with Gasteiger partial charge >= 0.3 is 161 Å². The molecule has 0 aliphatic rings. The molecule has 1 N–H and O–H groups in total. The van der Waals surface area contributed by atoms with Crippen molar-refractivity contribution in [1.82, 2.24) is 0 Å². The van der Waals surface area contributed by atoms with E-state index < -0.39 is 24.5 Å². The topological polar surface area (TPSA) is 20.2 Å². The van der Waals surface area contributed by atoms with Gasteiger partial charge in [0, 0.05) is 0 Å². The molecular weight excluding hydrogens is 411 g/mol. The number of hydrogen-bond donors (Lipinski definition) is 1. The summed E-state index contributed by atoms with van der Waals surface area (Å²) in [6, 6.07) is 8.26. The summed E-state index contributed by atoms with van der Waals surface area (Å²) >= 11 is -2.09. The second-order valence-corrected chi connectivity index (χ2v) is 21.8. The van der Waals surface area contributed by atoms with Crippen molar-refractivity contribution in [2.45, 2.75) is 90.1 Å². The van der Waals surface area contributed by atoms with Crippen LogP contribution in [0.5, 0.6) is 0 Å². The summed E-state index contributed by atoms with van der Waals surface area (Å²) in [5.41, 5.74) is 2.26. The van der Waals surface area contributed by atoms with Crippen molar-refractivity contribution < 1.29 is 5.11 Å². The minimum absolute atomic E-state index is 0.451. The predicted molar refractivity (Wildman–Crippen MR) is 115 cm³/mol. The van der Waals surface area contributed by atoms with Gasteiger partial charge in [0.05, 0.1) is 0 Å². The Morgan fingerprint density at radius 2 is 1.36 bits per heavy atom. The summed E-state index contributed by atoms with van der Waals surface area (Å²) in [7, 11) is 0. The van der Waals surface area contributed by atoms with Crippen LogP contribution in [-0.4, -0.2) is 23.5 Å². The Kier molecular flexibility index (Phi) is 11.8. The van der Waals surface area contributed by atoms with Gasteiger partial charge in [0.1, 0.15) is 0 Å². The fourth-order valence-electron chi connectivity index (χ4n) is 3.66. The molecule has 0 aliphatic heterocycles. The number of aliphatic hydroxyl groups is 1. The van der Waals surface area contributed by atoms with Crippen LogP contribution in [0.2, 0.25) is 17.7 Å². The van der Waals surface area contributed by atoms with Gasteiger partial charge in [-0.15, -0.1) is 0 Å². The van der Waals surface area contributed by atoms with E-state index in [0.29, 0.717) is 0 Å². The molecule has 2 heteroatoms. The molecule has 0 saturated heterocycles. The van der Waals surface area contributed by atoms with E-state index in [1.807, 2.05) is 12.1 Å². The van der Waals surface area contributed by atoms with Crippen LogP contribution in [0.15, 0.2) is 36.4 Å². The van der Waals surface area contributed by atoms with Gasteiger partial charge in [-0.25, -0.2) is 0 Å². The first-order valence-corrected chi connectivity index (χ1v) is 18.6. The van der Waals surface area contributed by atoms with Crippen LogP contribution >= 0.6 is 0 Å². The third-order valence-electron chi connectivity index (χ3n) is 5.47. The number of hydrogen-bond acceptors (Lipinski definition) is 1. The van der Waals surface area contributed by atoms with Crippen molar-refractivity contribution in [2.75, 3.05) is 0 Å². The average molecular weight is 451 g/mol. The van der Waals surface area contributed by atoms with Crippen molar-refractivity contribution in [3.8, 4) is 0 Å². The van der Waals surface area contributed by atoms with E-state index in [1.54, 1.807) is 0 Å². The normalized spacial score (nSPS) is 13.5. The standard InChI is InChI=1S/C11H13O.3C4H9.Sn/c1-3-4-11(12)10-7-5-9(2)6-8-10;3*1-3-4-2;/h3-8,11-12H,1H2,2H3;3*1,3-4H2,2H3;/b4-3+;;;;. The molecule has 0 saturated carbocycles. The molecule has 1 atom stereocenters. The maximum atomic E-state index is 10.5. The molecular formula is C23H40OSn. The van der Waals surface area contributed by atoms with Gasteiger partial charge in [0.25, 0.3) is 0 Å². The molecule has 0 radical (unpaired) electrons. The van der Waals surface area contributed by atoms with Crippen LogP contribution in [-0.2, 0) is 0 Å². The third-order valence-corrected chi connectivity index (χ3v) is 20.7. The molecule has 1 aromatic rings. The number of rotatable bonds is 13. The zero-order valence-corrected chi connectivity index (χ0v) is 19.9. The van der Waals surface area contributed by atoms with Crippen molar-refractivity contribution in [2.24, 2.45) is 0 Å². The monoisotopic (exact) mass is 452 g/mol. The van der Waals surface area contributed by atoms with Crippen LogP contribution in [0.4, 0.5) is 0 Å².